The Kier molecular flexibility index (Phi) is 6.58. The first-order valence-electron chi connectivity index (χ1n) is 9.36. The molecule has 0 bridgehead atoms. The summed E-state index contributed by atoms with van der Waals surface area (Å²) in [5, 5.41) is 12.0. The number of nitrogens with one attached hydrogen (secondary N) is 1. The summed E-state index contributed by atoms with van der Waals surface area (Å²) in [4.78, 5) is 24.1. The first kappa shape index (κ1) is 19.4. The Morgan fingerprint density at radius 3 is 2.21 bits per heavy atom. The summed E-state index contributed by atoms with van der Waals surface area (Å²) in [6.07, 6.45) is 2.50. The zero-order valence-electron chi connectivity index (χ0n) is 15.5. The van der Waals surface area contributed by atoms with Crippen LogP contribution in [0.15, 0.2) is 84.9 Å². The molecule has 0 heterocycles. The molecule has 0 aliphatic rings. The molecule has 3 aromatic carbocycles. The van der Waals surface area contributed by atoms with Crippen molar-refractivity contribution in [1.82, 2.24) is 0 Å². The van der Waals surface area contributed by atoms with Gasteiger partial charge in [-0.15, -0.1) is 0 Å². The fourth-order valence-corrected chi connectivity index (χ4v) is 3.25. The lowest BCUT2D eigenvalue weighted by Gasteiger charge is -2.17. The minimum atomic E-state index is -1.02. The Bertz CT molecular complexity index is 923. The van der Waals surface area contributed by atoms with E-state index in [1.807, 2.05) is 48.5 Å². The van der Waals surface area contributed by atoms with Crippen LogP contribution in [0.3, 0.4) is 0 Å². The molecule has 28 heavy (non-hydrogen) atoms. The lowest BCUT2D eigenvalue weighted by molar-refractivity contribution is -0.117. The molecule has 2 N–H and O–H groups in total. The van der Waals surface area contributed by atoms with Gasteiger partial charge in [0.1, 0.15) is 0 Å². The van der Waals surface area contributed by atoms with Gasteiger partial charge in [0.15, 0.2) is 0 Å². The van der Waals surface area contributed by atoms with Gasteiger partial charge < -0.3 is 10.4 Å². The number of carbonyl (C=O) groups excluding carboxylic acids is 1. The van der Waals surface area contributed by atoms with Gasteiger partial charge in [0.05, 0.1) is 11.5 Å². The molecule has 0 radical (unpaired) electrons. The number of carboxylic acids is 1. The topological polar surface area (TPSA) is 66.4 Å². The smallest absolute Gasteiger partial charge is 0.335 e. The average molecular weight is 373 g/mol. The van der Waals surface area contributed by atoms with E-state index in [2.05, 4.69) is 17.4 Å². The lowest BCUT2D eigenvalue weighted by Crippen LogP contribution is -2.21. The fourth-order valence-electron chi connectivity index (χ4n) is 3.25. The van der Waals surface area contributed by atoms with E-state index in [-0.39, 0.29) is 17.4 Å². The Morgan fingerprint density at radius 2 is 1.54 bits per heavy atom. The van der Waals surface area contributed by atoms with E-state index in [4.69, 9.17) is 5.11 Å². The highest BCUT2D eigenvalue weighted by molar-refractivity contribution is 5.97. The molecular weight excluding hydrogens is 350 g/mol. The summed E-state index contributed by atoms with van der Waals surface area (Å²) in [6.45, 7) is 0. The zero-order chi connectivity index (χ0) is 19.8. The van der Waals surface area contributed by atoms with E-state index in [1.165, 1.54) is 17.7 Å². The number of aromatic carboxylic acids is 1. The number of carboxylic acid groups (broad SMARTS) is 1. The fraction of sp³-hybridized carbons (Fsp3) is 0.167. The van der Waals surface area contributed by atoms with Gasteiger partial charge in [-0.3, -0.25) is 4.79 Å². The molecule has 3 rings (SSSR count). The number of anilines is 1. The average Bonchev–Trinajstić information content (AvgIpc) is 2.72. The molecule has 0 saturated carbocycles. The predicted octanol–water partition coefficient (Wildman–Crippen LogP) is 5.13. The number of rotatable bonds is 8. The van der Waals surface area contributed by atoms with Crippen LogP contribution in [0.4, 0.5) is 5.69 Å². The maximum Gasteiger partial charge on any atom is 0.335 e. The number of carbonyl (C=O) groups is 2. The Hall–Kier alpha value is -3.40. The Morgan fingerprint density at radius 1 is 0.857 bits per heavy atom. The van der Waals surface area contributed by atoms with Crippen LogP contribution in [0.25, 0.3) is 0 Å². The number of hydrogen-bond donors (Lipinski definition) is 2. The standard InChI is InChI=1S/C24H23NO3/c26-23(25-21-15-8-14-20(17-21)24(27)28)22(19-12-5-2-6-13-19)16-7-11-18-9-3-1-4-10-18/h1-6,8-10,12-15,17,22H,7,11,16H2,(H,25,26)(H,27,28). The van der Waals surface area contributed by atoms with Crippen molar-refractivity contribution >= 4 is 17.6 Å². The van der Waals surface area contributed by atoms with Crippen molar-refractivity contribution in [3.8, 4) is 0 Å². The minimum Gasteiger partial charge on any atom is -0.478 e. The third kappa shape index (κ3) is 5.30. The van der Waals surface area contributed by atoms with E-state index in [9.17, 15) is 9.59 Å². The monoisotopic (exact) mass is 373 g/mol. The molecular formula is C24H23NO3. The van der Waals surface area contributed by atoms with Crippen molar-refractivity contribution < 1.29 is 14.7 Å². The van der Waals surface area contributed by atoms with Gasteiger partial charge >= 0.3 is 5.97 Å². The normalized spacial score (nSPS) is 11.6. The second-order valence-corrected chi connectivity index (χ2v) is 6.72. The van der Waals surface area contributed by atoms with Crippen LogP contribution in [0.2, 0.25) is 0 Å². The summed E-state index contributed by atoms with van der Waals surface area (Å²) >= 11 is 0. The third-order valence-electron chi connectivity index (χ3n) is 4.70. The molecule has 1 unspecified atom stereocenters. The van der Waals surface area contributed by atoms with Crippen molar-refractivity contribution in [2.75, 3.05) is 5.32 Å². The summed E-state index contributed by atoms with van der Waals surface area (Å²) in [7, 11) is 0. The van der Waals surface area contributed by atoms with E-state index in [0.717, 1.165) is 18.4 Å². The summed E-state index contributed by atoms with van der Waals surface area (Å²) < 4.78 is 0. The second-order valence-electron chi connectivity index (χ2n) is 6.72. The van der Waals surface area contributed by atoms with Crippen molar-refractivity contribution in [2.45, 2.75) is 25.2 Å². The van der Waals surface area contributed by atoms with Gasteiger partial charge in [-0.2, -0.15) is 0 Å². The maximum absolute atomic E-state index is 13.0. The first-order valence-corrected chi connectivity index (χ1v) is 9.36. The van der Waals surface area contributed by atoms with Gasteiger partial charge in [-0.25, -0.2) is 4.79 Å². The minimum absolute atomic E-state index is 0.123. The van der Waals surface area contributed by atoms with Gasteiger partial charge in [-0.1, -0.05) is 66.7 Å². The summed E-state index contributed by atoms with van der Waals surface area (Å²) in [5.41, 5.74) is 2.86. The van der Waals surface area contributed by atoms with Crippen molar-refractivity contribution in [1.29, 1.82) is 0 Å². The third-order valence-corrected chi connectivity index (χ3v) is 4.70. The number of aryl methyl sites for hydroxylation is 1. The van der Waals surface area contributed by atoms with Crippen LogP contribution in [0.1, 0.15) is 40.2 Å². The van der Waals surface area contributed by atoms with E-state index >= 15 is 0 Å². The molecule has 1 atom stereocenters. The maximum atomic E-state index is 13.0. The molecule has 3 aromatic rings. The second kappa shape index (κ2) is 9.51. The number of amides is 1. The van der Waals surface area contributed by atoms with Gasteiger partial charge in [0.25, 0.3) is 0 Å². The summed E-state index contributed by atoms with van der Waals surface area (Å²) in [5.74, 6) is -1.43. The van der Waals surface area contributed by atoms with Crippen LogP contribution >= 0.6 is 0 Å². The van der Waals surface area contributed by atoms with Gasteiger partial charge in [0.2, 0.25) is 5.91 Å². The molecule has 0 spiro atoms. The number of hydrogen-bond acceptors (Lipinski definition) is 2. The summed E-state index contributed by atoms with van der Waals surface area (Å²) in [6, 6.07) is 26.2. The zero-order valence-corrected chi connectivity index (χ0v) is 15.5. The molecule has 142 valence electrons. The largest absolute Gasteiger partial charge is 0.478 e. The molecule has 1 amide bonds. The Labute approximate surface area is 164 Å². The first-order chi connectivity index (χ1) is 13.6. The highest BCUT2D eigenvalue weighted by atomic mass is 16.4. The molecule has 0 fully saturated rings. The Balaban J connectivity index is 1.72. The van der Waals surface area contributed by atoms with Crippen LogP contribution in [0, 0.1) is 0 Å². The van der Waals surface area contributed by atoms with Crippen LogP contribution < -0.4 is 5.32 Å². The van der Waals surface area contributed by atoms with Gasteiger partial charge in [-0.05, 0) is 48.6 Å². The van der Waals surface area contributed by atoms with Crippen molar-refractivity contribution in [3.63, 3.8) is 0 Å². The van der Waals surface area contributed by atoms with Crippen LogP contribution in [0.5, 0.6) is 0 Å². The quantitative estimate of drug-likeness (QED) is 0.575. The SMILES string of the molecule is O=C(O)c1cccc(NC(=O)C(CCCc2ccccc2)c2ccccc2)c1. The van der Waals surface area contributed by atoms with Gasteiger partial charge in [0, 0.05) is 5.69 Å². The molecule has 4 nitrogen and oxygen atoms in total. The predicted molar refractivity (Wildman–Crippen MR) is 111 cm³/mol. The number of benzene rings is 3. The van der Waals surface area contributed by atoms with Crippen LogP contribution in [-0.4, -0.2) is 17.0 Å². The molecule has 4 heteroatoms. The van der Waals surface area contributed by atoms with Crippen LogP contribution in [-0.2, 0) is 11.2 Å². The van der Waals surface area contributed by atoms with E-state index < -0.39 is 5.97 Å². The van der Waals surface area contributed by atoms with Crippen molar-refractivity contribution in [3.05, 3.63) is 102 Å². The van der Waals surface area contributed by atoms with E-state index in [0.29, 0.717) is 12.1 Å². The molecule has 0 saturated heterocycles. The van der Waals surface area contributed by atoms with E-state index in [1.54, 1.807) is 12.1 Å². The highest BCUT2D eigenvalue weighted by Crippen LogP contribution is 2.25. The molecule has 0 aliphatic heterocycles. The lowest BCUT2D eigenvalue weighted by atomic mass is 9.91. The molecule has 0 aromatic heterocycles. The highest BCUT2D eigenvalue weighted by Gasteiger charge is 2.20. The van der Waals surface area contributed by atoms with Crippen molar-refractivity contribution in [2.24, 2.45) is 0 Å². The molecule has 0 aliphatic carbocycles.